The van der Waals surface area contributed by atoms with E-state index in [9.17, 15) is 8.42 Å². The third-order valence-corrected chi connectivity index (χ3v) is 7.51. The predicted octanol–water partition coefficient (Wildman–Crippen LogP) is 3.32. The minimum absolute atomic E-state index is 0.126. The van der Waals surface area contributed by atoms with Gasteiger partial charge in [0.1, 0.15) is 4.21 Å². The summed E-state index contributed by atoms with van der Waals surface area (Å²) in [5, 5.41) is 5.97. The summed E-state index contributed by atoms with van der Waals surface area (Å²) in [5.41, 5.74) is 1.21. The molecule has 1 aliphatic heterocycles. The fourth-order valence-corrected chi connectivity index (χ4v) is 5.61. The van der Waals surface area contributed by atoms with Crippen molar-refractivity contribution in [2.24, 2.45) is 0 Å². The highest BCUT2D eigenvalue weighted by Gasteiger charge is 2.25. The van der Waals surface area contributed by atoms with Gasteiger partial charge in [0.05, 0.1) is 0 Å². The molecule has 0 saturated carbocycles. The van der Waals surface area contributed by atoms with Crippen molar-refractivity contribution in [3.8, 4) is 0 Å². The molecule has 22 heavy (non-hydrogen) atoms. The summed E-state index contributed by atoms with van der Waals surface area (Å²) < 4.78 is 27.8. The lowest BCUT2D eigenvalue weighted by atomic mass is 10.0. The highest BCUT2D eigenvalue weighted by atomic mass is 32.2. The van der Waals surface area contributed by atoms with Crippen LogP contribution in [0.3, 0.4) is 0 Å². The first-order valence-electron chi connectivity index (χ1n) is 7.46. The molecule has 3 heterocycles. The Labute approximate surface area is 139 Å². The largest absolute Gasteiger partial charge is 0.295 e. The van der Waals surface area contributed by atoms with Gasteiger partial charge in [0, 0.05) is 12.6 Å². The first kappa shape index (κ1) is 16.1. The molecule has 0 spiro atoms. The Bertz CT molecular complexity index is 660. The van der Waals surface area contributed by atoms with E-state index < -0.39 is 10.0 Å². The number of rotatable bonds is 6. The topological polar surface area (TPSA) is 49.4 Å². The molecule has 1 atom stereocenters. The lowest BCUT2D eigenvalue weighted by Gasteiger charge is -2.34. The Morgan fingerprint density at radius 3 is 2.64 bits per heavy atom. The van der Waals surface area contributed by atoms with Gasteiger partial charge in [-0.25, -0.2) is 13.1 Å². The molecule has 0 radical (unpaired) electrons. The summed E-state index contributed by atoms with van der Waals surface area (Å²) >= 11 is 2.91. The molecule has 7 heteroatoms. The van der Waals surface area contributed by atoms with Crippen LogP contribution in [0.2, 0.25) is 0 Å². The van der Waals surface area contributed by atoms with Gasteiger partial charge >= 0.3 is 0 Å². The van der Waals surface area contributed by atoms with Crippen LogP contribution in [0.4, 0.5) is 0 Å². The third-order valence-electron chi connectivity index (χ3n) is 3.99. The lowest BCUT2D eigenvalue weighted by molar-refractivity contribution is 0.165. The maximum Gasteiger partial charge on any atom is 0.250 e. The molecule has 0 amide bonds. The maximum absolute atomic E-state index is 12.3. The average molecular weight is 357 g/mol. The second-order valence-corrected chi connectivity index (χ2v) is 9.17. The van der Waals surface area contributed by atoms with E-state index in [0.717, 1.165) is 13.1 Å². The number of thiophene rings is 2. The summed E-state index contributed by atoms with van der Waals surface area (Å²) in [6, 6.07) is 5.64. The van der Waals surface area contributed by atoms with E-state index in [1.54, 1.807) is 28.8 Å². The van der Waals surface area contributed by atoms with Crippen molar-refractivity contribution in [3.05, 3.63) is 39.9 Å². The van der Waals surface area contributed by atoms with Crippen LogP contribution in [0.15, 0.2) is 38.5 Å². The molecule has 1 fully saturated rings. The molecule has 0 bridgehead atoms. The Morgan fingerprint density at radius 1 is 1.18 bits per heavy atom. The van der Waals surface area contributed by atoms with Gasteiger partial charge in [-0.15, -0.1) is 11.3 Å². The molecule has 0 aromatic carbocycles. The number of sulfonamides is 1. The van der Waals surface area contributed by atoms with E-state index in [1.807, 2.05) is 0 Å². The quantitative estimate of drug-likeness (QED) is 0.864. The molecule has 1 unspecified atom stereocenters. The molecular weight excluding hydrogens is 336 g/mol. The fourth-order valence-electron chi connectivity index (χ4n) is 2.83. The van der Waals surface area contributed by atoms with Crippen molar-refractivity contribution in [1.82, 2.24) is 9.62 Å². The number of nitrogens with zero attached hydrogens (tertiary/aromatic N) is 1. The van der Waals surface area contributed by atoms with Gasteiger partial charge in [0.2, 0.25) is 10.0 Å². The molecular formula is C15H20N2O2S3. The van der Waals surface area contributed by atoms with Crippen LogP contribution in [0.1, 0.15) is 30.9 Å². The number of hydrogen-bond acceptors (Lipinski definition) is 5. The summed E-state index contributed by atoms with van der Waals surface area (Å²) in [6.07, 6.45) is 3.66. The zero-order valence-electron chi connectivity index (χ0n) is 12.3. The molecule has 4 nitrogen and oxygen atoms in total. The van der Waals surface area contributed by atoms with E-state index in [0.29, 0.717) is 10.8 Å². The monoisotopic (exact) mass is 356 g/mol. The number of hydrogen-bond donors (Lipinski definition) is 1. The van der Waals surface area contributed by atoms with Crippen molar-refractivity contribution in [3.63, 3.8) is 0 Å². The Morgan fingerprint density at radius 2 is 2.00 bits per heavy atom. The van der Waals surface area contributed by atoms with Gasteiger partial charge < -0.3 is 0 Å². The van der Waals surface area contributed by atoms with Gasteiger partial charge in [-0.3, -0.25) is 4.90 Å². The summed E-state index contributed by atoms with van der Waals surface area (Å²) in [4.78, 5) is 2.41. The second kappa shape index (κ2) is 7.23. The van der Waals surface area contributed by atoms with Gasteiger partial charge in [-0.05, 0) is 59.8 Å². The number of piperidine rings is 1. The van der Waals surface area contributed by atoms with Gasteiger partial charge in [-0.1, -0.05) is 12.5 Å². The van der Waals surface area contributed by atoms with Crippen molar-refractivity contribution < 1.29 is 8.42 Å². The molecule has 0 aliphatic carbocycles. The SMILES string of the molecule is O=S(=O)(NCC(c1ccsc1)N1CCCCC1)c1cccs1. The first-order valence-corrected chi connectivity index (χ1v) is 10.8. The van der Waals surface area contributed by atoms with Crippen LogP contribution in [0.5, 0.6) is 0 Å². The second-order valence-electron chi connectivity index (χ2n) is 5.45. The zero-order chi connectivity index (χ0) is 15.4. The molecule has 3 rings (SSSR count). The Balaban J connectivity index is 1.73. The lowest BCUT2D eigenvalue weighted by Crippen LogP contribution is -2.40. The van der Waals surface area contributed by atoms with Gasteiger partial charge in [0.25, 0.3) is 0 Å². The zero-order valence-corrected chi connectivity index (χ0v) is 14.7. The summed E-state index contributed by atoms with van der Waals surface area (Å²) in [5.74, 6) is 0. The minimum atomic E-state index is -3.40. The van der Waals surface area contributed by atoms with Gasteiger partial charge in [-0.2, -0.15) is 11.3 Å². The first-order chi connectivity index (χ1) is 10.7. The minimum Gasteiger partial charge on any atom is -0.295 e. The van der Waals surface area contributed by atoms with Crippen molar-refractivity contribution >= 4 is 32.7 Å². The average Bonchev–Trinajstić information content (AvgIpc) is 3.22. The number of likely N-dealkylation sites (tertiary alicyclic amines) is 1. The van der Waals surface area contributed by atoms with Crippen molar-refractivity contribution in [1.29, 1.82) is 0 Å². The van der Waals surface area contributed by atoms with Crippen LogP contribution < -0.4 is 4.72 Å². The predicted molar refractivity (Wildman–Crippen MR) is 92.0 cm³/mol. The van der Waals surface area contributed by atoms with Crippen LogP contribution in [-0.2, 0) is 10.0 Å². The highest BCUT2D eigenvalue weighted by Crippen LogP contribution is 2.26. The van der Waals surface area contributed by atoms with E-state index >= 15 is 0 Å². The molecule has 120 valence electrons. The molecule has 2 aromatic heterocycles. The standard InChI is InChI=1S/C15H20N2O2S3/c18-22(19,15-5-4-9-21-15)16-11-14(13-6-10-20-12-13)17-7-2-1-3-8-17/h4-6,9-10,12,14,16H,1-3,7-8,11H2. The molecule has 1 saturated heterocycles. The summed E-state index contributed by atoms with van der Waals surface area (Å²) in [6.45, 7) is 2.51. The van der Waals surface area contributed by atoms with E-state index in [4.69, 9.17) is 0 Å². The van der Waals surface area contributed by atoms with Crippen molar-refractivity contribution in [2.75, 3.05) is 19.6 Å². The van der Waals surface area contributed by atoms with Crippen LogP contribution in [0, 0.1) is 0 Å². The van der Waals surface area contributed by atoms with E-state index in [1.165, 1.54) is 36.2 Å². The van der Waals surface area contributed by atoms with Gasteiger partial charge in [0.15, 0.2) is 0 Å². The molecule has 1 N–H and O–H groups in total. The van der Waals surface area contributed by atoms with Crippen LogP contribution in [-0.4, -0.2) is 33.0 Å². The molecule has 1 aliphatic rings. The van der Waals surface area contributed by atoms with E-state index in [-0.39, 0.29) is 6.04 Å². The Kier molecular flexibility index (Phi) is 5.30. The fraction of sp³-hybridized carbons (Fsp3) is 0.467. The normalized spacial score (nSPS) is 18.4. The summed E-state index contributed by atoms with van der Waals surface area (Å²) in [7, 11) is -3.40. The third kappa shape index (κ3) is 3.78. The maximum atomic E-state index is 12.3. The van der Waals surface area contributed by atoms with Crippen LogP contribution in [0.25, 0.3) is 0 Å². The Hall–Kier alpha value is -0.730. The van der Waals surface area contributed by atoms with E-state index in [2.05, 4.69) is 26.4 Å². The van der Waals surface area contributed by atoms with Crippen LogP contribution >= 0.6 is 22.7 Å². The number of nitrogens with one attached hydrogen (secondary N) is 1. The van der Waals surface area contributed by atoms with Crippen molar-refractivity contribution in [2.45, 2.75) is 29.5 Å². The molecule has 2 aromatic rings. The smallest absolute Gasteiger partial charge is 0.250 e. The highest BCUT2D eigenvalue weighted by molar-refractivity contribution is 7.91.